The molecule has 1 saturated carbocycles. The van der Waals surface area contributed by atoms with E-state index >= 15 is 0 Å². The summed E-state index contributed by atoms with van der Waals surface area (Å²) in [5, 5.41) is 3.34. The Balaban J connectivity index is 1.73. The van der Waals surface area contributed by atoms with Gasteiger partial charge in [-0.05, 0) is 37.3 Å². The molecule has 0 amide bonds. The Hall–Kier alpha value is -0.340. The molecule has 0 aromatic heterocycles. The molecule has 1 heterocycles. The van der Waals surface area contributed by atoms with Crippen LogP contribution in [0.3, 0.4) is 0 Å². The fourth-order valence-electron chi connectivity index (χ4n) is 2.87. The van der Waals surface area contributed by atoms with Crippen LogP contribution in [0.2, 0.25) is 0 Å². The number of nitrogens with one attached hydrogen (secondary N) is 1. The Morgan fingerprint density at radius 3 is 2.93 bits per heavy atom. The zero-order valence-corrected chi connectivity index (χ0v) is 9.26. The van der Waals surface area contributed by atoms with E-state index in [0.717, 1.165) is 31.6 Å². The first-order valence-corrected chi connectivity index (χ1v) is 5.91. The molecule has 2 unspecified atom stereocenters. The average Bonchev–Trinajstić information content (AvgIpc) is 2.76. The van der Waals surface area contributed by atoms with Gasteiger partial charge in [-0.25, -0.2) is 0 Å². The number of fused-ring (bicyclic) bond motifs is 2. The second-order valence-electron chi connectivity index (χ2n) is 4.79. The summed E-state index contributed by atoms with van der Waals surface area (Å²) in [6.07, 6.45) is 4.36. The van der Waals surface area contributed by atoms with Gasteiger partial charge in [0.15, 0.2) is 0 Å². The molecule has 1 aliphatic carbocycles. The van der Waals surface area contributed by atoms with Crippen molar-refractivity contribution in [3.63, 3.8) is 0 Å². The molecule has 2 atom stereocenters. The second kappa shape index (κ2) is 4.45. The largest absolute Gasteiger partial charge is 0.313 e. The predicted octanol–water partition coefficient (Wildman–Crippen LogP) is 1.64. The maximum absolute atomic E-state index is 4.14. The van der Waals surface area contributed by atoms with Crippen molar-refractivity contribution >= 4 is 0 Å². The van der Waals surface area contributed by atoms with Crippen molar-refractivity contribution in [2.24, 2.45) is 5.92 Å². The van der Waals surface area contributed by atoms with Crippen LogP contribution < -0.4 is 5.32 Å². The molecule has 2 fully saturated rings. The third-order valence-electron chi connectivity index (χ3n) is 3.57. The van der Waals surface area contributed by atoms with Gasteiger partial charge >= 0.3 is 0 Å². The first kappa shape index (κ1) is 10.2. The van der Waals surface area contributed by atoms with E-state index in [1.165, 1.54) is 31.4 Å². The fourth-order valence-corrected chi connectivity index (χ4v) is 2.87. The number of likely N-dealkylation sites (tertiary alicyclic amines) is 1. The zero-order valence-electron chi connectivity index (χ0n) is 9.26. The second-order valence-corrected chi connectivity index (χ2v) is 4.79. The molecular weight excluding hydrogens is 172 g/mol. The van der Waals surface area contributed by atoms with Crippen LogP contribution in [0, 0.1) is 5.92 Å². The third-order valence-corrected chi connectivity index (χ3v) is 3.57. The first-order valence-electron chi connectivity index (χ1n) is 5.91. The van der Waals surface area contributed by atoms with Crippen LogP contribution in [0.5, 0.6) is 0 Å². The van der Waals surface area contributed by atoms with Gasteiger partial charge in [-0.15, -0.1) is 0 Å². The highest BCUT2D eigenvalue weighted by atomic mass is 15.2. The van der Waals surface area contributed by atoms with Crippen molar-refractivity contribution in [1.29, 1.82) is 0 Å². The van der Waals surface area contributed by atoms with Crippen molar-refractivity contribution in [1.82, 2.24) is 10.2 Å². The molecule has 1 aliphatic heterocycles. The minimum atomic E-state index is 0.887. The molecule has 1 saturated heterocycles. The number of hydrogen-bond donors (Lipinski definition) is 1. The van der Waals surface area contributed by atoms with Crippen molar-refractivity contribution in [2.75, 3.05) is 26.2 Å². The van der Waals surface area contributed by atoms with Gasteiger partial charge in [0.1, 0.15) is 0 Å². The van der Waals surface area contributed by atoms with Crippen molar-refractivity contribution in [2.45, 2.75) is 32.2 Å². The van der Waals surface area contributed by atoms with E-state index in [4.69, 9.17) is 0 Å². The molecule has 2 bridgehead atoms. The Morgan fingerprint density at radius 2 is 2.36 bits per heavy atom. The summed E-state index contributed by atoms with van der Waals surface area (Å²) in [6, 6.07) is 0.887. The Labute approximate surface area is 87.4 Å². The lowest BCUT2D eigenvalue weighted by molar-refractivity contribution is 0.230. The van der Waals surface area contributed by atoms with E-state index < -0.39 is 0 Å². The number of likely N-dealkylation sites (N-methyl/N-ethyl adjacent to an activating group) is 1. The van der Waals surface area contributed by atoms with E-state index in [1.54, 1.807) is 0 Å². The maximum atomic E-state index is 4.14. The first-order chi connectivity index (χ1) is 6.79. The molecule has 2 aliphatic rings. The summed E-state index contributed by atoms with van der Waals surface area (Å²) in [6.45, 7) is 10.8. The fraction of sp³-hybridized carbons (Fsp3) is 0.833. The van der Waals surface area contributed by atoms with E-state index in [2.05, 4.69) is 23.7 Å². The number of piperidine rings is 1. The van der Waals surface area contributed by atoms with E-state index in [-0.39, 0.29) is 0 Å². The highest BCUT2D eigenvalue weighted by Gasteiger charge is 2.37. The Morgan fingerprint density at radius 1 is 1.50 bits per heavy atom. The highest BCUT2D eigenvalue weighted by Crippen LogP contribution is 2.37. The SMILES string of the molecule is C=C(CNCC)CN1CC2CCC1C2. The molecule has 2 heteroatoms. The summed E-state index contributed by atoms with van der Waals surface area (Å²) >= 11 is 0. The Kier molecular flexibility index (Phi) is 3.24. The van der Waals surface area contributed by atoms with E-state index in [1.807, 2.05) is 0 Å². The lowest BCUT2D eigenvalue weighted by Gasteiger charge is -2.27. The van der Waals surface area contributed by atoms with Crippen LogP contribution in [0.25, 0.3) is 0 Å². The maximum Gasteiger partial charge on any atom is 0.0205 e. The van der Waals surface area contributed by atoms with Crippen LogP contribution in [0.1, 0.15) is 26.2 Å². The molecule has 0 spiro atoms. The van der Waals surface area contributed by atoms with Crippen LogP contribution in [0.4, 0.5) is 0 Å². The summed E-state index contributed by atoms with van der Waals surface area (Å²) in [4.78, 5) is 2.63. The van der Waals surface area contributed by atoms with Gasteiger partial charge in [0.25, 0.3) is 0 Å². The average molecular weight is 194 g/mol. The lowest BCUT2D eigenvalue weighted by Crippen LogP contribution is -2.35. The van der Waals surface area contributed by atoms with Crippen LogP contribution in [-0.4, -0.2) is 37.1 Å². The van der Waals surface area contributed by atoms with Crippen molar-refractivity contribution < 1.29 is 0 Å². The van der Waals surface area contributed by atoms with Crippen LogP contribution >= 0.6 is 0 Å². The normalized spacial score (nSPS) is 31.2. The Bertz CT molecular complexity index is 212. The molecule has 14 heavy (non-hydrogen) atoms. The van der Waals surface area contributed by atoms with Gasteiger partial charge in [0, 0.05) is 25.7 Å². The van der Waals surface area contributed by atoms with Crippen molar-refractivity contribution in [3.8, 4) is 0 Å². The summed E-state index contributed by atoms with van der Waals surface area (Å²) in [5.41, 5.74) is 1.35. The quantitative estimate of drug-likeness (QED) is 0.669. The van der Waals surface area contributed by atoms with Crippen molar-refractivity contribution in [3.05, 3.63) is 12.2 Å². The molecule has 0 aromatic rings. The standard InChI is InChI=1S/C12H22N2/c1-3-13-7-10(2)8-14-9-11-4-5-12(14)6-11/h11-13H,2-9H2,1H3. The molecule has 2 nitrogen and oxygen atoms in total. The van der Waals surface area contributed by atoms with E-state index in [9.17, 15) is 0 Å². The smallest absolute Gasteiger partial charge is 0.0205 e. The molecule has 2 rings (SSSR count). The predicted molar refractivity (Wildman–Crippen MR) is 60.4 cm³/mol. The summed E-state index contributed by atoms with van der Waals surface area (Å²) in [7, 11) is 0. The molecule has 0 aromatic carbocycles. The summed E-state index contributed by atoms with van der Waals surface area (Å²) in [5.74, 6) is 1.01. The van der Waals surface area contributed by atoms with Gasteiger partial charge in [0.2, 0.25) is 0 Å². The van der Waals surface area contributed by atoms with Crippen LogP contribution in [-0.2, 0) is 0 Å². The number of rotatable bonds is 5. The third kappa shape index (κ3) is 2.18. The molecule has 80 valence electrons. The monoisotopic (exact) mass is 194 g/mol. The van der Waals surface area contributed by atoms with Gasteiger partial charge in [-0.1, -0.05) is 13.5 Å². The number of nitrogens with zero attached hydrogens (tertiary/aromatic N) is 1. The molecule has 1 N–H and O–H groups in total. The minimum absolute atomic E-state index is 0.887. The van der Waals surface area contributed by atoms with Gasteiger partial charge in [-0.2, -0.15) is 0 Å². The number of hydrogen-bond acceptors (Lipinski definition) is 2. The zero-order chi connectivity index (χ0) is 9.97. The molecular formula is C12H22N2. The highest BCUT2D eigenvalue weighted by molar-refractivity contribution is 5.04. The van der Waals surface area contributed by atoms with Crippen LogP contribution in [0.15, 0.2) is 12.2 Å². The molecule has 0 radical (unpaired) electrons. The topological polar surface area (TPSA) is 15.3 Å². The minimum Gasteiger partial charge on any atom is -0.313 e. The van der Waals surface area contributed by atoms with Gasteiger partial charge in [-0.3, -0.25) is 4.90 Å². The van der Waals surface area contributed by atoms with Gasteiger partial charge in [0.05, 0.1) is 0 Å². The van der Waals surface area contributed by atoms with E-state index in [0.29, 0.717) is 0 Å². The lowest BCUT2D eigenvalue weighted by atomic mass is 10.1. The summed E-state index contributed by atoms with van der Waals surface area (Å²) < 4.78 is 0. The van der Waals surface area contributed by atoms with Gasteiger partial charge < -0.3 is 5.32 Å².